The van der Waals surface area contributed by atoms with Gasteiger partial charge < -0.3 is 24.8 Å². The molecule has 2 N–H and O–H groups in total. The first-order valence-corrected chi connectivity index (χ1v) is 16.3. The fourth-order valence-electron chi connectivity index (χ4n) is 5.19. The van der Waals surface area contributed by atoms with Crippen molar-refractivity contribution in [3.05, 3.63) is 82.3 Å². The van der Waals surface area contributed by atoms with Crippen LogP contribution < -0.4 is 14.8 Å². The molecule has 2 amide bonds. The van der Waals surface area contributed by atoms with Crippen LogP contribution in [-0.2, 0) is 9.59 Å². The molecule has 0 bridgehead atoms. The molecule has 3 aromatic carbocycles. The molecular formula is C34H34F2N4O6S2. The molecule has 2 heterocycles. The van der Waals surface area contributed by atoms with E-state index in [-0.39, 0.29) is 34.5 Å². The van der Waals surface area contributed by atoms with Gasteiger partial charge in [-0.05, 0) is 66.7 Å². The number of aromatic carboxylic acids is 1. The van der Waals surface area contributed by atoms with Gasteiger partial charge >= 0.3 is 5.97 Å². The zero-order valence-electron chi connectivity index (χ0n) is 26.3. The van der Waals surface area contributed by atoms with E-state index in [1.165, 1.54) is 36.3 Å². The average Bonchev–Trinajstić information content (AvgIpc) is 3.33. The number of nitrogens with one attached hydrogen (secondary N) is 1. The second-order valence-electron chi connectivity index (χ2n) is 11.2. The molecule has 252 valence electrons. The molecule has 2 fully saturated rings. The van der Waals surface area contributed by atoms with Gasteiger partial charge in [-0.2, -0.15) is 0 Å². The molecule has 2 saturated heterocycles. The minimum atomic E-state index is -1.13. The van der Waals surface area contributed by atoms with E-state index in [1.807, 2.05) is 0 Å². The molecule has 2 aliphatic rings. The van der Waals surface area contributed by atoms with Crippen molar-refractivity contribution < 1.29 is 37.7 Å². The number of piperazine rings is 1. The van der Waals surface area contributed by atoms with Crippen LogP contribution in [0.2, 0.25) is 0 Å². The van der Waals surface area contributed by atoms with Gasteiger partial charge in [0.25, 0.3) is 5.91 Å². The standard InChI is InChI=1S/C34H34F2N4O6S2/c1-38-11-13-39(14-12-38)15-16-46-28-8-5-21(22-3-6-25(35)26(36)18-22)17-24(28)20-30-32(42)40(34(47)48-30)10-9-31(41)37-27-7-4-23(33(43)44)19-29(27)45-2/h3-8,17-20H,9-16H2,1-2H3,(H,37,41)(H,43,44). The lowest BCUT2D eigenvalue weighted by Crippen LogP contribution is -2.45. The first-order chi connectivity index (χ1) is 23.0. The van der Waals surface area contributed by atoms with Gasteiger partial charge in [-0.3, -0.25) is 19.4 Å². The van der Waals surface area contributed by atoms with E-state index >= 15 is 0 Å². The molecule has 0 aromatic heterocycles. The Morgan fingerprint density at radius 1 is 0.979 bits per heavy atom. The number of halogens is 2. The number of anilines is 1. The number of ether oxygens (including phenoxy) is 2. The summed E-state index contributed by atoms with van der Waals surface area (Å²) >= 11 is 6.57. The zero-order valence-corrected chi connectivity index (χ0v) is 28.0. The minimum absolute atomic E-state index is 0.00659. The van der Waals surface area contributed by atoms with Gasteiger partial charge in [-0.15, -0.1) is 0 Å². The molecule has 0 spiro atoms. The number of carbonyl (C=O) groups excluding carboxylic acids is 2. The molecule has 0 saturated carbocycles. The fourth-order valence-corrected chi connectivity index (χ4v) is 6.49. The van der Waals surface area contributed by atoms with Crippen molar-refractivity contribution in [1.29, 1.82) is 0 Å². The van der Waals surface area contributed by atoms with Crippen LogP contribution in [0.3, 0.4) is 0 Å². The summed E-state index contributed by atoms with van der Waals surface area (Å²) in [5.41, 5.74) is 1.92. The van der Waals surface area contributed by atoms with Crippen LogP contribution in [0.4, 0.5) is 14.5 Å². The van der Waals surface area contributed by atoms with E-state index in [4.69, 9.17) is 21.7 Å². The zero-order chi connectivity index (χ0) is 34.4. The Bertz CT molecular complexity index is 1760. The van der Waals surface area contributed by atoms with Crippen LogP contribution in [0.15, 0.2) is 59.5 Å². The lowest BCUT2D eigenvalue weighted by Gasteiger charge is -2.32. The monoisotopic (exact) mass is 696 g/mol. The number of thioether (sulfide) groups is 1. The molecule has 0 unspecified atom stereocenters. The largest absolute Gasteiger partial charge is 0.495 e. The van der Waals surface area contributed by atoms with E-state index in [9.17, 15) is 28.3 Å². The van der Waals surface area contributed by atoms with Crippen molar-refractivity contribution >= 4 is 57.8 Å². The number of methoxy groups -OCH3 is 1. The maximum absolute atomic E-state index is 14.1. The van der Waals surface area contributed by atoms with Gasteiger partial charge in [0, 0.05) is 51.3 Å². The van der Waals surface area contributed by atoms with Crippen molar-refractivity contribution in [1.82, 2.24) is 14.7 Å². The van der Waals surface area contributed by atoms with Crippen molar-refractivity contribution in [3.63, 3.8) is 0 Å². The van der Waals surface area contributed by atoms with Crippen LogP contribution in [-0.4, -0.2) is 102 Å². The average molecular weight is 697 g/mol. The van der Waals surface area contributed by atoms with E-state index in [1.54, 1.807) is 24.3 Å². The summed E-state index contributed by atoms with van der Waals surface area (Å²) in [6, 6.07) is 13.0. The molecule has 2 aliphatic heterocycles. The molecule has 0 atom stereocenters. The number of hydrogen-bond donors (Lipinski definition) is 2. The first-order valence-electron chi connectivity index (χ1n) is 15.1. The molecule has 3 aromatic rings. The van der Waals surface area contributed by atoms with Crippen LogP contribution in [0.1, 0.15) is 22.3 Å². The van der Waals surface area contributed by atoms with Crippen molar-refractivity contribution in [2.45, 2.75) is 6.42 Å². The third-order valence-electron chi connectivity index (χ3n) is 7.97. The molecule has 48 heavy (non-hydrogen) atoms. The summed E-state index contributed by atoms with van der Waals surface area (Å²) in [6.07, 6.45) is 1.57. The highest BCUT2D eigenvalue weighted by Gasteiger charge is 2.32. The summed E-state index contributed by atoms with van der Waals surface area (Å²) < 4.78 is 39.4. The number of carboxylic acid groups (broad SMARTS) is 1. The Morgan fingerprint density at radius 2 is 1.71 bits per heavy atom. The number of carboxylic acids is 1. The van der Waals surface area contributed by atoms with Gasteiger partial charge in [0.15, 0.2) is 11.6 Å². The first kappa shape index (κ1) is 35.0. The predicted octanol–water partition coefficient (Wildman–Crippen LogP) is 5.19. The SMILES string of the molecule is COc1cc(C(=O)O)ccc1NC(=O)CCN1C(=O)C(=Cc2cc(-c3ccc(F)c(F)c3)ccc2OCCN2CCN(C)CC2)SC1=S. The third kappa shape index (κ3) is 8.55. The van der Waals surface area contributed by atoms with Crippen molar-refractivity contribution in [3.8, 4) is 22.6 Å². The summed E-state index contributed by atoms with van der Waals surface area (Å²) in [6.45, 7) is 4.97. The topological polar surface area (TPSA) is 112 Å². The second kappa shape index (κ2) is 15.7. The summed E-state index contributed by atoms with van der Waals surface area (Å²) in [7, 11) is 3.45. The summed E-state index contributed by atoms with van der Waals surface area (Å²) in [5.74, 6) is -3.16. The molecule has 5 rings (SSSR count). The van der Waals surface area contributed by atoms with Crippen LogP contribution in [0.5, 0.6) is 11.5 Å². The lowest BCUT2D eigenvalue weighted by molar-refractivity contribution is -0.122. The highest BCUT2D eigenvalue weighted by atomic mass is 32.2. The molecular weight excluding hydrogens is 663 g/mol. The Kier molecular flexibility index (Phi) is 11.4. The van der Waals surface area contributed by atoms with Gasteiger partial charge in [0.05, 0.1) is 23.3 Å². The van der Waals surface area contributed by atoms with E-state index < -0.39 is 23.5 Å². The highest BCUT2D eigenvalue weighted by molar-refractivity contribution is 8.26. The number of benzene rings is 3. The van der Waals surface area contributed by atoms with Gasteiger partial charge in [-0.25, -0.2) is 13.6 Å². The van der Waals surface area contributed by atoms with Gasteiger partial charge in [0.2, 0.25) is 5.91 Å². The Hall–Kier alpha value is -4.37. The predicted molar refractivity (Wildman–Crippen MR) is 184 cm³/mol. The number of likely N-dealkylation sites (N-methyl/N-ethyl adjacent to an activating group) is 1. The van der Waals surface area contributed by atoms with Crippen molar-refractivity contribution in [2.75, 3.05) is 65.3 Å². The maximum Gasteiger partial charge on any atom is 0.335 e. The number of carbonyl (C=O) groups is 3. The smallest absolute Gasteiger partial charge is 0.335 e. The number of amides is 2. The minimum Gasteiger partial charge on any atom is -0.495 e. The number of hydrogen-bond acceptors (Lipinski definition) is 9. The molecule has 14 heteroatoms. The third-order valence-corrected chi connectivity index (χ3v) is 9.35. The van der Waals surface area contributed by atoms with Gasteiger partial charge in [-0.1, -0.05) is 36.1 Å². The van der Waals surface area contributed by atoms with E-state index in [0.717, 1.165) is 56.6 Å². The lowest BCUT2D eigenvalue weighted by atomic mass is 10.0. The second-order valence-corrected chi connectivity index (χ2v) is 12.9. The normalized spacial score (nSPS) is 16.4. The Labute approximate surface area is 286 Å². The summed E-state index contributed by atoms with van der Waals surface area (Å²) in [5, 5.41) is 11.9. The van der Waals surface area contributed by atoms with Crippen molar-refractivity contribution in [2.24, 2.45) is 0 Å². The summed E-state index contributed by atoms with van der Waals surface area (Å²) in [4.78, 5) is 43.8. The van der Waals surface area contributed by atoms with Gasteiger partial charge in [0.1, 0.15) is 22.4 Å². The quantitative estimate of drug-likeness (QED) is 0.194. The number of nitrogens with zero attached hydrogens (tertiary/aromatic N) is 3. The number of thiocarbonyl (C=S) groups is 1. The maximum atomic E-state index is 14.1. The highest BCUT2D eigenvalue weighted by Crippen LogP contribution is 2.36. The molecule has 0 radical (unpaired) electrons. The fraction of sp³-hybridized carbons (Fsp3) is 0.294. The molecule has 10 nitrogen and oxygen atoms in total. The van der Waals surface area contributed by atoms with Crippen LogP contribution >= 0.6 is 24.0 Å². The Morgan fingerprint density at radius 3 is 2.42 bits per heavy atom. The van der Waals surface area contributed by atoms with Crippen LogP contribution in [0.25, 0.3) is 17.2 Å². The Balaban J connectivity index is 1.30. The molecule has 0 aliphatic carbocycles. The van der Waals surface area contributed by atoms with E-state index in [2.05, 4.69) is 22.2 Å². The van der Waals surface area contributed by atoms with E-state index in [0.29, 0.717) is 39.6 Å². The number of rotatable bonds is 12. The van der Waals surface area contributed by atoms with Crippen LogP contribution in [0, 0.1) is 11.6 Å².